The normalized spacial score (nSPS) is 16.4. The van der Waals surface area contributed by atoms with Crippen molar-refractivity contribution in [2.45, 2.75) is 30.8 Å². The molecule has 0 fully saturated rings. The minimum atomic E-state index is -3.26. The Morgan fingerprint density at radius 1 is 1.29 bits per heavy atom. The van der Waals surface area contributed by atoms with Crippen molar-refractivity contribution < 1.29 is 8.42 Å². The molecule has 0 unspecified atom stereocenters. The monoisotopic (exact) mass is 212 g/mol. The fourth-order valence-electron chi connectivity index (χ4n) is 1.64. The molecule has 0 N–H and O–H groups in total. The molecule has 0 saturated heterocycles. The van der Waals surface area contributed by atoms with Crippen LogP contribution in [0.2, 0.25) is 0 Å². The second-order valence-electron chi connectivity index (χ2n) is 3.60. The van der Waals surface area contributed by atoms with Gasteiger partial charge in [0.25, 0.3) is 0 Å². The van der Waals surface area contributed by atoms with Gasteiger partial charge in [0, 0.05) is 18.1 Å². The van der Waals surface area contributed by atoms with E-state index in [9.17, 15) is 8.42 Å². The molecule has 5 heteroatoms. The SMILES string of the molecule is CS(=O)(=O)c1ncc2c(n1)CCCC2. The van der Waals surface area contributed by atoms with Crippen molar-refractivity contribution in [3.05, 3.63) is 17.5 Å². The molecule has 0 amide bonds. The number of hydrogen-bond donors (Lipinski definition) is 0. The van der Waals surface area contributed by atoms with E-state index in [1.54, 1.807) is 6.20 Å². The minimum absolute atomic E-state index is 0.0434. The molecule has 0 aliphatic heterocycles. The Hall–Kier alpha value is -0.970. The van der Waals surface area contributed by atoms with E-state index in [1.807, 2.05) is 0 Å². The molecule has 1 aromatic heterocycles. The number of aromatic nitrogens is 2. The fraction of sp³-hybridized carbons (Fsp3) is 0.556. The molecule has 76 valence electrons. The average molecular weight is 212 g/mol. The molecule has 0 atom stereocenters. The molecule has 0 spiro atoms. The van der Waals surface area contributed by atoms with E-state index in [1.165, 1.54) is 0 Å². The number of nitrogens with zero attached hydrogens (tertiary/aromatic N) is 2. The predicted octanol–water partition coefficient (Wildman–Crippen LogP) is 0.759. The zero-order valence-corrected chi connectivity index (χ0v) is 8.84. The maximum absolute atomic E-state index is 11.2. The molecule has 0 bridgehead atoms. The lowest BCUT2D eigenvalue weighted by atomic mass is 9.98. The summed E-state index contributed by atoms with van der Waals surface area (Å²) in [5.41, 5.74) is 2.01. The number of sulfone groups is 1. The van der Waals surface area contributed by atoms with Gasteiger partial charge in [0.05, 0.1) is 0 Å². The van der Waals surface area contributed by atoms with Gasteiger partial charge in [-0.2, -0.15) is 0 Å². The molecule has 14 heavy (non-hydrogen) atoms. The minimum Gasteiger partial charge on any atom is -0.227 e. The second-order valence-corrected chi connectivity index (χ2v) is 5.51. The average Bonchev–Trinajstić information content (AvgIpc) is 2.16. The van der Waals surface area contributed by atoms with Gasteiger partial charge in [-0.25, -0.2) is 18.4 Å². The van der Waals surface area contributed by atoms with Crippen LogP contribution in [0.15, 0.2) is 11.4 Å². The van der Waals surface area contributed by atoms with Crippen LogP contribution in [0, 0.1) is 0 Å². The van der Waals surface area contributed by atoms with Crippen LogP contribution in [-0.2, 0) is 22.7 Å². The lowest BCUT2D eigenvalue weighted by Crippen LogP contribution is -2.11. The van der Waals surface area contributed by atoms with Gasteiger partial charge in [-0.3, -0.25) is 0 Å². The van der Waals surface area contributed by atoms with E-state index in [0.29, 0.717) is 0 Å². The van der Waals surface area contributed by atoms with Crippen LogP contribution >= 0.6 is 0 Å². The molecule has 1 aliphatic rings. The summed E-state index contributed by atoms with van der Waals surface area (Å²) >= 11 is 0. The number of fused-ring (bicyclic) bond motifs is 1. The summed E-state index contributed by atoms with van der Waals surface area (Å²) in [6, 6.07) is 0. The van der Waals surface area contributed by atoms with E-state index in [2.05, 4.69) is 9.97 Å². The lowest BCUT2D eigenvalue weighted by molar-refractivity contribution is 0.586. The molecule has 0 saturated carbocycles. The molecule has 1 heterocycles. The number of hydrogen-bond acceptors (Lipinski definition) is 4. The molecular weight excluding hydrogens is 200 g/mol. The van der Waals surface area contributed by atoms with Crippen LogP contribution in [0.25, 0.3) is 0 Å². The van der Waals surface area contributed by atoms with Crippen LogP contribution in [0.5, 0.6) is 0 Å². The van der Waals surface area contributed by atoms with Gasteiger partial charge in [0.15, 0.2) is 0 Å². The Labute approximate surface area is 83.3 Å². The maximum atomic E-state index is 11.2. The second kappa shape index (κ2) is 3.31. The molecule has 1 aromatic rings. The van der Waals surface area contributed by atoms with Crippen LogP contribution in [0.4, 0.5) is 0 Å². The highest BCUT2D eigenvalue weighted by Crippen LogP contribution is 2.19. The van der Waals surface area contributed by atoms with Gasteiger partial charge >= 0.3 is 0 Å². The summed E-state index contributed by atoms with van der Waals surface area (Å²) in [5, 5.41) is -0.0434. The Morgan fingerprint density at radius 3 is 2.71 bits per heavy atom. The first-order valence-corrected chi connectivity index (χ1v) is 6.51. The first-order chi connectivity index (χ1) is 6.57. The van der Waals surface area contributed by atoms with Crippen molar-refractivity contribution in [1.82, 2.24) is 9.97 Å². The smallest absolute Gasteiger partial charge is 0.227 e. The van der Waals surface area contributed by atoms with Gasteiger partial charge in [-0.05, 0) is 31.2 Å². The zero-order chi connectivity index (χ0) is 10.2. The molecule has 0 radical (unpaired) electrons. The van der Waals surface area contributed by atoms with Crippen LogP contribution in [0.3, 0.4) is 0 Å². The third-order valence-corrected chi connectivity index (χ3v) is 3.23. The fourth-order valence-corrected chi connectivity index (χ4v) is 2.16. The third kappa shape index (κ3) is 1.77. The van der Waals surface area contributed by atoms with Crippen molar-refractivity contribution in [3.63, 3.8) is 0 Å². The Bertz CT molecular complexity index is 454. The van der Waals surface area contributed by atoms with Gasteiger partial charge < -0.3 is 0 Å². The topological polar surface area (TPSA) is 59.9 Å². The quantitative estimate of drug-likeness (QED) is 0.645. The predicted molar refractivity (Wildman–Crippen MR) is 51.8 cm³/mol. The van der Waals surface area contributed by atoms with Crippen molar-refractivity contribution in [3.8, 4) is 0 Å². The maximum Gasteiger partial charge on any atom is 0.246 e. The first kappa shape index (κ1) is 9.58. The molecule has 2 rings (SSSR count). The summed E-state index contributed by atoms with van der Waals surface area (Å²) in [7, 11) is -3.26. The van der Waals surface area contributed by atoms with E-state index in [0.717, 1.165) is 43.2 Å². The largest absolute Gasteiger partial charge is 0.246 e. The molecular formula is C9H12N2O2S. The van der Waals surface area contributed by atoms with Gasteiger partial charge in [-0.15, -0.1) is 0 Å². The van der Waals surface area contributed by atoms with Crippen LogP contribution in [0.1, 0.15) is 24.1 Å². The van der Waals surface area contributed by atoms with Crippen molar-refractivity contribution in [1.29, 1.82) is 0 Å². The van der Waals surface area contributed by atoms with E-state index in [4.69, 9.17) is 0 Å². The zero-order valence-electron chi connectivity index (χ0n) is 8.02. The van der Waals surface area contributed by atoms with Crippen LogP contribution < -0.4 is 0 Å². The van der Waals surface area contributed by atoms with E-state index in [-0.39, 0.29) is 5.16 Å². The van der Waals surface area contributed by atoms with Crippen molar-refractivity contribution in [2.75, 3.05) is 6.26 Å². The first-order valence-electron chi connectivity index (χ1n) is 4.62. The number of rotatable bonds is 1. The molecule has 4 nitrogen and oxygen atoms in total. The Morgan fingerprint density at radius 2 is 2.00 bits per heavy atom. The van der Waals surface area contributed by atoms with Gasteiger partial charge in [-0.1, -0.05) is 0 Å². The summed E-state index contributed by atoms with van der Waals surface area (Å²) in [6.45, 7) is 0. The Balaban J connectivity index is 2.49. The molecule has 0 aromatic carbocycles. The summed E-state index contributed by atoms with van der Waals surface area (Å²) in [5.74, 6) is 0. The third-order valence-electron chi connectivity index (χ3n) is 2.37. The van der Waals surface area contributed by atoms with E-state index < -0.39 is 9.84 Å². The van der Waals surface area contributed by atoms with Gasteiger partial charge in [0.2, 0.25) is 15.0 Å². The van der Waals surface area contributed by atoms with E-state index >= 15 is 0 Å². The number of aryl methyl sites for hydroxylation is 2. The highest BCUT2D eigenvalue weighted by molar-refractivity contribution is 7.90. The van der Waals surface area contributed by atoms with Crippen molar-refractivity contribution >= 4 is 9.84 Å². The van der Waals surface area contributed by atoms with Crippen molar-refractivity contribution in [2.24, 2.45) is 0 Å². The standard InChI is InChI=1S/C9H12N2O2S/c1-14(12,13)9-10-6-7-4-2-3-5-8(7)11-9/h6H,2-5H2,1H3. The lowest BCUT2D eigenvalue weighted by Gasteiger charge is -2.13. The van der Waals surface area contributed by atoms with Gasteiger partial charge in [0.1, 0.15) is 0 Å². The summed E-state index contributed by atoms with van der Waals surface area (Å²) in [4.78, 5) is 7.95. The summed E-state index contributed by atoms with van der Waals surface area (Å²) < 4.78 is 22.4. The molecule has 1 aliphatic carbocycles. The highest BCUT2D eigenvalue weighted by Gasteiger charge is 2.16. The van der Waals surface area contributed by atoms with Crippen LogP contribution in [-0.4, -0.2) is 24.6 Å². The Kier molecular flexibility index (Phi) is 2.26. The highest BCUT2D eigenvalue weighted by atomic mass is 32.2. The summed E-state index contributed by atoms with van der Waals surface area (Å²) in [6.07, 6.45) is 6.87.